The Morgan fingerprint density at radius 1 is 1.53 bits per heavy atom. The third-order valence-corrected chi connectivity index (χ3v) is 2.70. The third-order valence-electron chi connectivity index (χ3n) is 1.81. The SMILES string of the molecule is CNCCC(=O)Nc1ccc(Cl)cc1Br. The first-order chi connectivity index (χ1) is 7.13. The average molecular weight is 292 g/mol. The minimum absolute atomic E-state index is 0.0210. The minimum Gasteiger partial charge on any atom is -0.325 e. The van der Waals surface area contributed by atoms with E-state index in [1.54, 1.807) is 18.2 Å². The summed E-state index contributed by atoms with van der Waals surface area (Å²) in [5.74, 6) is -0.0210. The standard InChI is InChI=1S/C10H12BrClN2O/c1-13-5-4-10(15)14-9-3-2-7(12)6-8(9)11/h2-3,6,13H,4-5H2,1H3,(H,14,15). The van der Waals surface area contributed by atoms with E-state index in [1.165, 1.54) is 0 Å². The number of amides is 1. The van der Waals surface area contributed by atoms with Crippen LogP contribution >= 0.6 is 27.5 Å². The topological polar surface area (TPSA) is 41.1 Å². The molecule has 5 heteroatoms. The fourth-order valence-electron chi connectivity index (χ4n) is 1.04. The molecule has 1 aromatic carbocycles. The molecule has 0 unspecified atom stereocenters. The van der Waals surface area contributed by atoms with Crippen LogP contribution in [0.5, 0.6) is 0 Å². The second kappa shape index (κ2) is 6.10. The maximum Gasteiger partial charge on any atom is 0.225 e. The molecule has 0 heterocycles. The van der Waals surface area contributed by atoms with Crippen LogP contribution in [-0.2, 0) is 4.79 Å². The summed E-state index contributed by atoms with van der Waals surface area (Å²) in [4.78, 5) is 11.4. The number of carbonyl (C=O) groups is 1. The number of rotatable bonds is 4. The van der Waals surface area contributed by atoms with E-state index < -0.39 is 0 Å². The van der Waals surface area contributed by atoms with Crippen LogP contribution in [0.25, 0.3) is 0 Å². The summed E-state index contributed by atoms with van der Waals surface area (Å²) < 4.78 is 0.785. The van der Waals surface area contributed by atoms with Crippen molar-refractivity contribution in [1.82, 2.24) is 5.32 Å². The summed E-state index contributed by atoms with van der Waals surface area (Å²) >= 11 is 9.11. The van der Waals surface area contributed by atoms with Crippen molar-refractivity contribution in [3.63, 3.8) is 0 Å². The number of nitrogens with one attached hydrogen (secondary N) is 2. The Bertz CT molecular complexity index is 357. The molecule has 0 spiro atoms. The largest absolute Gasteiger partial charge is 0.325 e. The van der Waals surface area contributed by atoms with Gasteiger partial charge in [-0.2, -0.15) is 0 Å². The fraction of sp³-hybridized carbons (Fsp3) is 0.300. The van der Waals surface area contributed by atoms with Gasteiger partial charge in [0.15, 0.2) is 0 Å². The van der Waals surface area contributed by atoms with Gasteiger partial charge in [0.05, 0.1) is 5.69 Å². The molecule has 1 rings (SSSR count). The van der Waals surface area contributed by atoms with Crippen molar-refractivity contribution in [3.05, 3.63) is 27.7 Å². The van der Waals surface area contributed by atoms with Gasteiger partial charge >= 0.3 is 0 Å². The molecule has 1 aromatic rings. The van der Waals surface area contributed by atoms with Crippen molar-refractivity contribution in [2.45, 2.75) is 6.42 Å². The minimum atomic E-state index is -0.0210. The van der Waals surface area contributed by atoms with Crippen LogP contribution in [-0.4, -0.2) is 19.5 Å². The van der Waals surface area contributed by atoms with Gasteiger partial charge in [-0.1, -0.05) is 11.6 Å². The third kappa shape index (κ3) is 4.20. The van der Waals surface area contributed by atoms with Crippen LogP contribution in [0.2, 0.25) is 5.02 Å². The van der Waals surface area contributed by atoms with Crippen LogP contribution in [0.4, 0.5) is 5.69 Å². The van der Waals surface area contributed by atoms with Crippen LogP contribution in [0.1, 0.15) is 6.42 Å². The number of halogens is 2. The smallest absolute Gasteiger partial charge is 0.225 e. The highest BCUT2D eigenvalue weighted by molar-refractivity contribution is 9.10. The molecule has 0 aliphatic heterocycles. The van der Waals surface area contributed by atoms with Crippen molar-refractivity contribution in [2.75, 3.05) is 18.9 Å². The molecule has 0 atom stereocenters. The Balaban J connectivity index is 2.60. The molecule has 0 radical (unpaired) electrons. The van der Waals surface area contributed by atoms with E-state index in [9.17, 15) is 4.79 Å². The molecule has 3 nitrogen and oxygen atoms in total. The van der Waals surface area contributed by atoms with Gasteiger partial charge in [0.2, 0.25) is 5.91 Å². The Hall–Kier alpha value is -0.580. The van der Waals surface area contributed by atoms with E-state index >= 15 is 0 Å². The zero-order valence-corrected chi connectivity index (χ0v) is 10.7. The number of anilines is 1. The second-order valence-electron chi connectivity index (χ2n) is 3.03. The Morgan fingerprint density at radius 2 is 2.27 bits per heavy atom. The van der Waals surface area contributed by atoms with E-state index in [2.05, 4.69) is 26.6 Å². The normalized spacial score (nSPS) is 10.1. The molecular weight excluding hydrogens is 279 g/mol. The lowest BCUT2D eigenvalue weighted by Crippen LogP contribution is -2.18. The number of benzene rings is 1. The number of hydrogen-bond acceptors (Lipinski definition) is 2. The molecule has 0 saturated carbocycles. The lowest BCUT2D eigenvalue weighted by atomic mass is 10.3. The van der Waals surface area contributed by atoms with Gasteiger partial charge < -0.3 is 10.6 Å². The van der Waals surface area contributed by atoms with E-state index in [-0.39, 0.29) is 5.91 Å². The molecule has 2 N–H and O–H groups in total. The summed E-state index contributed by atoms with van der Waals surface area (Å²) in [6, 6.07) is 5.25. The lowest BCUT2D eigenvalue weighted by molar-refractivity contribution is -0.116. The quantitative estimate of drug-likeness (QED) is 0.895. The van der Waals surface area contributed by atoms with Gasteiger partial charge in [-0.15, -0.1) is 0 Å². The van der Waals surface area contributed by atoms with Gasteiger partial charge in [-0.05, 0) is 41.2 Å². The summed E-state index contributed by atoms with van der Waals surface area (Å²) in [6.45, 7) is 0.664. The van der Waals surface area contributed by atoms with Crippen molar-refractivity contribution in [3.8, 4) is 0 Å². The molecule has 82 valence electrons. The van der Waals surface area contributed by atoms with E-state index in [1.807, 2.05) is 7.05 Å². The van der Waals surface area contributed by atoms with Gasteiger partial charge in [0.25, 0.3) is 0 Å². The first-order valence-electron chi connectivity index (χ1n) is 4.53. The highest BCUT2D eigenvalue weighted by Crippen LogP contribution is 2.25. The molecule has 0 aliphatic rings. The summed E-state index contributed by atoms with van der Waals surface area (Å²) in [5.41, 5.74) is 0.737. The number of hydrogen-bond donors (Lipinski definition) is 2. The van der Waals surface area contributed by atoms with Crippen molar-refractivity contribution >= 4 is 39.1 Å². The summed E-state index contributed by atoms with van der Waals surface area (Å²) in [6.07, 6.45) is 0.450. The zero-order valence-electron chi connectivity index (χ0n) is 8.31. The van der Waals surface area contributed by atoms with Gasteiger partial charge in [0, 0.05) is 22.5 Å². The van der Waals surface area contributed by atoms with Crippen LogP contribution < -0.4 is 10.6 Å². The van der Waals surface area contributed by atoms with Crippen LogP contribution in [0, 0.1) is 0 Å². The average Bonchev–Trinajstić information content (AvgIpc) is 2.19. The molecule has 0 saturated heterocycles. The Labute approximate surface area is 102 Å². The number of carbonyl (C=O) groups excluding carboxylic acids is 1. The zero-order chi connectivity index (χ0) is 11.3. The predicted molar refractivity (Wildman–Crippen MR) is 66.3 cm³/mol. The maximum atomic E-state index is 11.4. The van der Waals surface area contributed by atoms with Crippen LogP contribution in [0.3, 0.4) is 0 Å². The van der Waals surface area contributed by atoms with Crippen LogP contribution in [0.15, 0.2) is 22.7 Å². The molecule has 1 amide bonds. The van der Waals surface area contributed by atoms with E-state index in [0.29, 0.717) is 18.0 Å². The van der Waals surface area contributed by atoms with E-state index in [0.717, 1.165) is 10.2 Å². The highest BCUT2D eigenvalue weighted by Gasteiger charge is 2.05. The van der Waals surface area contributed by atoms with Gasteiger partial charge in [-0.3, -0.25) is 4.79 Å². The monoisotopic (exact) mass is 290 g/mol. The Morgan fingerprint density at radius 3 is 2.87 bits per heavy atom. The van der Waals surface area contributed by atoms with Gasteiger partial charge in [0.1, 0.15) is 0 Å². The summed E-state index contributed by atoms with van der Waals surface area (Å²) in [5, 5.41) is 6.34. The molecule has 0 fully saturated rings. The molecule has 0 bridgehead atoms. The Kier molecular flexibility index (Phi) is 5.08. The van der Waals surface area contributed by atoms with Crippen molar-refractivity contribution in [1.29, 1.82) is 0 Å². The van der Waals surface area contributed by atoms with Crippen molar-refractivity contribution < 1.29 is 4.79 Å². The summed E-state index contributed by atoms with van der Waals surface area (Å²) in [7, 11) is 1.81. The fourth-order valence-corrected chi connectivity index (χ4v) is 1.82. The molecule has 0 aromatic heterocycles. The molecule has 0 aliphatic carbocycles. The lowest BCUT2D eigenvalue weighted by Gasteiger charge is -2.07. The maximum absolute atomic E-state index is 11.4. The first-order valence-corrected chi connectivity index (χ1v) is 5.70. The molecule has 15 heavy (non-hydrogen) atoms. The highest BCUT2D eigenvalue weighted by atomic mass is 79.9. The predicted octanol–water partition coefficient (Wildman–Crippen LogP) is 2.65. The molecular formula is C10H12BrClN2O. The van der Waals surface area contributed by atoms with Crippen molar-refractivity contribution in [2.24, 2.45) is 0 Å². The second-order valence-corrected chi connectivity index (χ2v) is 4.32. The van der Waals surface area contributed by atoms with E-state index in [4.69, 9.17) is 11.6 Å². The first kappa shape index (κ1) is 12.5. The van der Waals surface area contributed by atoms with Gasteiger partial charge in [-0.25, -0.2) is 0 Å².